The topological polar surface area (TPSA) is 117 Å². The molecule has 1 aromatic carbocycles. The number of aromatic nitrogens is 4. The number of aliphatic hydroxyl groups excluding tert-OH is 1. The maximum absolute atomic E-state index is 14.4. The third-order valence-corrected chi connectivity index (χ3v) is 8.23. The van der Waals surface area contributed by atoms with E-state index in [1.165, 1.54) is 0 Å². The van der Waals surface area contributed by atoms with Gasteiger partial charge in [-0.2, -0.15) is 4.98 Å². The fourth-order valence-electron chi connectivity index (χ4n) is 6.11. The van der Waals surface area contributed by atoms with E-state index in [2.05, 4.69) is 20.6 Å². The number of benzene rings is 1. The number of halogens is 3. The third-order valence-electron chi connectivity index (χ3n) is 8.23. The summed E-state index contributed by atoms with van der Waals surface area (Å²) in [6.45, 7) is 1.63. The summed E-state index contributed by atoms with van der Waals surface area (Å²) in [6.07, 6.45) is 7.05. The Kier molecular flexibility index (Phi) is 7.49. The van der Waals surface area contributed by atoms with E-state index in [-0.39, 0.29) is 42.5 Å². The number of nitrogens with zero attached hydrogens (tertiary/aromatic N) is 5. The van der Waals surface area contributed by atoms with Crippen LogP contribution in [0.15, 0.2) is 18.3 Å². The van der Waals surface area contributed by atoms with Crippen LogP contribution in [0.3, 0.4) is 0 Å². The Labute approximate surface area is 228 Å². The molecular weight excluding hydrogens is 527 g/mol. The first kappa shape index (κ1) is 26.8. The average Bonchev–Trinajstić information content (AvgIpc) is 3.70. The normalized spacial score (nSPS) is 25.1. The molecule has 6 rings (SSSR count). The molecule has 4 heterocycles. The van der Waals surface area contributed by atoms with Crippen LogP contribution < -0.4 is 10.6 Å². The zero-order chi connectivity index (χ0) is 27.8. The average molecular weight is 560 g/mol. The quantitative estimate of drug-likeness (QED) is 0.399. The highest BCUT2D eigenvalue weighted by atomic mass is 19.1. The third kappa shape index (κ3) is 5.19. The van der Waals surface area contributed by atoms with Crippen LogP contribution in [0.4, 0.5) is 30.8 Å². The van der Waals surface area contributed by atoms with Gasteiger partial charge in [-0.15, -0.1) is 0 Å². The van der Waals surface area contributed by atoms with Gasteiger partial charge in [0.05, 0.1) is 31.5 Å². The van der Waals surface area contributed by atoms with Gasteiger partial charge in [0.1, 0.15) is 17.0 Å². The van der Waals surface area contributed by atoms with Crippen LogP contribution in [0, 0.1) is 23.4 Å². The van der Waals surface area contributed by atoms with E-state index in [9.17, 15) is 23.1 Å². The molecule has 3 aliphatic rings. The number of carbonyl (C=O) groups is 1. The van der Waals surface area contributed by atoms with Crippen LogP contribution in [0.25, 0.3) is 11.2 Å². The standard InChI is InChI=1S/C27H32F3N7O3/c28-16-10-20(29)23(21(30)11-16)34-27-33-22-12-31-26(35-24(22)37(27)19-7-9-40-14-19)32-17-5-3-15(4-6-17)25(39)36-8-1-2-18(36)13-38/h10-12,15,17-19,38H,1-9,13-14H2,(H,33,34)(H,31,32,35)/t15?,17?,18-,19?/m1/s1. The van der Waals surface area contributed by atoms with Crippen molar-refractivity contribution in [2.45, 2.75) is 63.1 Å². The van der Waals surface area contributed by atoms with Crippen LogP contribution in [0.5, 0.6) is 0 Å². The highest BCUT2D eigenvalue weighted by molar-refractivity contribution is 5.80. The van der Waals surface area contributed by atoms with Crippen molar-refractivity contribution >= 4 is 34.7 Å². The van der Waals surface area contributed by atoms with E-state index in [4.69, 9.17) is 9.72 Å². The van der Waals surface area contributed by atoms with Gasteiger partial charge < -0.3 is 25.4 Å². The molecule has 1 unspecified atom stereocenters. The van der Waals surface area contributed by atoms with Gasteiger partial charge in [-0.25, -0.2) is 23.1 Å². The van der Waals surface area contributed by atoms with Gasteiger partial charge >= 0.3 is 0 Å². The van der Waals surface area contributed by atoms with Crippen molar-refractivity contribution in [1.82, 2.24) is 24.4 Å². The zero-order valence-corrected chi connectivity index (χ0v) is 22.0. The number of aliphatic hydroxyl groups is 1. The van der Waals surface area contributed by atoms with Crippen molar-refractivity contribution in [3.05, 3.63) is 35.8 Å². The summed E-state index contributed by atoms with van der Waals surface area (Å²) in [5.74, 6) is -2.50. The van der Waals surface area contributed by atoms with Gasteiger partial charge in [-0.05, 0) is 44.9 Å². The molecule has 3 N–H and O–H groups in total. The molecule has 1 saturated carbocycles. The van der Waals surface area contributed by atoms with E-state index in [1.54, 1.807) is 10.8 Å². The summed E-state index contributed by atoms with van der Waals surface area (Å²) in [7, 11) is 0. The molecule has 10 nitrogen and oxygen atoms in total. The molecule has 0 bridgehead atoms. The lowest BCUT2D eigenvalue weighted by atomic mass is 9.85. The van der Waals surface area contributed by atoms with Crippen molar-refractivity contribution in [1.29, 1.82) is 0 Å². The fourth-order valence-corrected chi connectivity index (χ4v) is 6.11. The second-order valence-corrected chi connectivity index (χ2v) is 10.8. The molecule has 2 saturated heterocycles. The maximum Gasteiger partial charge on any atom is 0.226 e. The first-order chi connectivity index (χ1) is 19.4. The number of imidazole rings is 1. The van der Waals surface area contributed by atoms with Crippen LogP contribution in [0.2, 0.25) is 0 Å². The minimum absolute atomic E-state index is 0.0109. The Morgan fingerprint density at radius 2 is 1.85 bits per heavy atom. The maximum atomic E-state index is 14.4. The van der Waals surface area contributed by atoms with E-state index in [0.717, 1.165) is 38.5 Å². The van der Waals surface area contributed by atoms with Gasteiger partial charge in [-0.3, -0.25) is 9.36 Å². The largest absolute Gasteiger partial charge is 0.394 e. The number of hydrogen-bond donors (Lipinski definition) is 3. The lowest BCUT2D eigenvalue weighted by Gasteiger charge is -2.32. The summed E-state index contributed by atoms with van der Waals surface area (Å²) >= 11 is 0. The molecule has 13 heteroatoms. The number of anilines is 3. The summed E-state index contributed by atoms with van der Waals surface area (Å²) < 4.78 is 49.6. The number of likely N-dealkylation sites (tertiary alicyclic amines) is 1. The van der Waals surface area contributed by atoms with Crippen LogP contribution in [0.1, 0.15) is 51.0 Å². The molecule has 0 radical (unpaired) electrons. The van der Waals surface area contributed by atoms with E-state index in [0.29, 0.717) is 55.4 Å². The Balaban J connectivity index is 1.19. The predicted octanol–water partition coefficient (Wildman–Crippen LogP) is 3.90. The first-order valence-electron chi connectivity index (χ1n) is 13.8. The molecular formula is C27H32F3N7O3. The molecule has 0 spiro atoms. The van der Waals surface area contributed by atoms with Crippen LogP contribution in [-0.2, 0) is 9.53 Å². The summed E-state index contributed by atoms with van der Waals surface area (Å²) in [4.78, 5) is 28.5. The fraction of sp³-hybridized carbons (Fsp3) is 0.556. The second kappa shape index (κ2) is 11.2. The number of nitrogens with one attached hydrogen (secondary N) is 2. The Morgan fingerprint density at radius 3 is 2.55 bits per heavy atom. The van der Waals surface area contributed by atoms with Gasteiger partial charge in [0, 0.05) is 37.2 Å². The minimum atomic E-state index is -1.07. The number of fused-ring (bicyclic) bond motifs is 1. The van der Waals surface area contributed by atoms with Crippen molar-refractivity contribution in [2.75, 3.05) is 37.0 Å². The number of rotatable bonds is 7. The van der Waals surface area contributed by atoms with Crippen LogP contribution >= 0.6 is 0 Å². The van der Waals surface area contributed by atoms with Gasteiger partial charge in [0.2, 0.25) is 17.8 Å². The van der Waals surface area contributed by atoms with E-state index >= 15 is 0 Å². The first-order valence-corrected chi connectivity index (χ1v) is 13.8. The molecule has 1 amide bonds. The van der Waals surface area contributed by atoms with Crippen LogP contribution in [-0.4, -0.2) is 73.9 Å². The van der Waals surface area contributed by atoms with E-state index < -0.39 is 23.1 Å². The smallest absolute Gasteiger partial charge is 0.226 e. The Hall–Kier alpha value is -3.45. The number of hydrogen-bond acceptors (Lipinski definition) is 8. The highest BCUT2D eigenvalue weighted by Gasteiger charge is 2.35. The Bertz CT molecular complexity index is 1370. The molecule has 2 aliphatic heterocycles. The second-order valence-electron chi connectivity index (χ2n) is 10.8. The molecule has 214 valence electrons. The molecule has 1 aliphatic carbocycles. The monoisotopic (exact) mass is 559 g/mol. The van der Waals surface area contributed by atoms with Gasteiger partial charge in [0.25, 0.3) is 0 Å². The van der Waals surface area contributed by atoms with Crippen molar-refractivity contribution in [2.24, 2.45) is 5.92 Å². The highest BCUT2D eigenvalue weighted by Crippen LogP contribution is 2.33. The summed E-state index contributed by atoms with van der Waals surface area (Å²) in [6, 6.07) is 1.07. The van der Waals surface area contributed by atoms with Crippen molar-refractivity contribution < 1.29 is 27.8 Å². The van der Waals surface area contributed by atoms with E-state index in [1.807, 2.05) is 4.90 Å². The summed E-state index contributed by atoms with van der Waals surface area (Å²) in [5.41, 5.74) is 0.404. The van der Waals surface area contributed by atoms with Gasteiger partial charge in [0.15, 0.2) is 17.3 Å². The van der Waals surface area contributed by atoms with Crippen molar-refractivity contribution in [3.63, 3.8) is 0 Å². The lowest BCUT2D eigenvalue weighted by molar-refractivity contribution is -0.138. The molecule has 3 fully saturated rings. The number of carbonyl (C=O) groups excluding carboxylic acids is 1. The Morgan fingerprint density at radius 1 is 1.07 bits per heavy atom. The van der Waals surface area contributed by atoms with Crippen molar-refractivity contribution in [3.8, 4) is 0 Å². The molecule has 40 heavy (non-hydrogen) atoms. The van der Waals surface area contributed by atoms with Gasteiger partial charge in [-0.1, -0.05) is 0 Å². The minimum Gasteiger partial charge on any atom is -0.394 e. The molecule has 3 aromatic rings. The number of ether oxygens (including phenoxy) is 1. The molecule has 2 aromatic heterocycles. The zero-order valence-electron chi connectivity index (χ0n) is 22.0. The predicted molar refractivity (Wildman–Crippen MR) is 141 cm³/mol. The molecule has 2 atom stereocenters. The SMILES string of the molecule is O=C(C1CCC(Nc2ncc3nc(Nc4c(F)cc(F)cc4F)n(C4CCOC4)c3n2)CC1)N1CCC[C@@H]1CO. The lowest BCUT2D eigenvalue weighted by Crippen LogP contribution is -2.43. The number of amides is 1. The summed E-state index contributed by atoms with van der Waals surface area (Å²) in [5, 5.41) is 15.7.